The number of hydrogen-bond acceptors (Lipinski definition) is 4. The average molecular weight is 191 g/mol. The largest absolute Gasteiger partial charge is 0.391 e. The lowest BCUT2D eigenvalue weighted by molar-refractivity contribution is 0.178. The molecule has 0 aliphatic carbocycles. The maximum absolute atomic E-state index is 9.25. The molecule has 4 nitrogen and oxygen atoms in total. The van der Waals surface area contributed by atoms with E-state index in [9.17, 15) is 5.11 Å². The van der Waals surface area contributed by atoms with Gasteiger partial charge in [-0.2, -0.15) is 5.26 Å². The zero-order valence-electron chi connectivity index (χ0n) is 8.23. The van der Waals surface area contributed by atoms with Crippen LogP contribution in [-0.2, 0) is 0 Å². The molecule has 14 heavy (non-hydrogen) atoms. The standard InChI is InChI=1S/C10H13N3O/c1-7(8(2)14)13-10-4-3-9(5-11)12-6-10/h3-4,6-8,13-14H,1-2H3. The smallest absolute Gasteiger partial charge is 0.140 e. The van der Waals surface area contributed by atoms with Crippen LogP contribution in [-0.4, -0.2) is 22.2 Å². The highest BCUT2D eigenvalue weighted by molar-refractivity contribution is 5.43. The van der Waals surface area contributed by atoms with Crippen LogP contribution in [0.2, 0.25) is 0 Å². The lowest BCUT2D eigenvalue weighted by atomic mass is 10.2. The van der Waals surface area contributed by atoms with Crippen molar-refractivity contribution in [2.45, 2.75) is 26.0 Å². The van der Waals surface area contributed by atoms with E-state index in [1.165, 1.54) is 0 Å². The first-order chi connectivity index (χ1) is 6.63. The molecule has 1 heterocycles. The Balaban J connectivity index is 2.65. The Bertz CT molecular complexity index is 326. The van der Waals surface area contributed by atoms with Crippen LogP contribution < -0.4 is 5.32 Å². The normalized spacial score (nSPS) is 14.1. The molecule has 0 radical (unpaired) electrons. The molecular formula is C10H13N3O. The van der Waals surface area contributed by atoms with Crippen molar-refractivity contribution in [3.05, 3.63) is 24.0 Å². The number of aromatic nitrogens is 1. The molecule has 2 atom stereocenters. The van der Waals surface area contributed by atoms with Gasteiger partial charge in [0, 0.05) is 6.04 Å². The van der Waals surface area contributed by atoms with Gasteiger partial charge in [0.15, 0.2) is 0 Å². The number of nitrogens with zero attached hydrogens (tertiary/aromatic N) is 2. The van der Waals surface area contributed by atoms with E-state index >= 15 is 0 Å². The van der Waals surface area contributed by atoms with E-state index in [4.69, 9.17) is 5.26 Å². The van der Waals surface area contributed by atoms with Crippen LogP contribution in [0.5, 0.6) is 0 Å². The third-order valence-corrected chi connectivity index (χ3v) is 2.00. The van der Waals surface area contributed by atoms with Gasteiger partial charge in [-0.15, -0.1) is 0 Å². The molecule has 4 heteroatoms. The topological polar surface area (TPSA) is 68.9 Å². The molecule has 0 fully saturated rings. The summed E-state index contributed by atoms with van der Waals surface area (Å²) >= 11 is 0. The molecule has 0 aliphatic rings. The molecule has 0 aromatic carbocycles. The molecule has 0 amide bonds. The summed E-state index contributed by atoms with van der Waals surface area (Å²) < 4.78 is 0. The van der Waals surface area contributed by atoms with Gasteiger partial charge in [0.1, 0.15) is 11.8 Å². The fourth-order valence-corrected chi connectivity index (χ4v) is 0.929. The van der Waals surface area contributed by atoms with Gasteiger partial charge in [-0.1, -0.05) is 0 Å². The number of aliphatic hydroxyl groups is 1. The molecule has 1 aromatic rings. The van der Waals surface area contributed by atoms with Crippen molar-refractivity contribution < 1.29 is 5.11 Å². The molecule has 1 rings (SSSR count). The van der Waals surface area contributed by atoms with Crippen molar-refractivity contribution in [3.63, 3.8) is 0 Å². The van der Waals surface area contributed by atoms with Crippen LogP contribution >= 0.6 is 0 Å². The SMILES string of the molecule is CC(O)C(C)Nc1ccc(C#N)nc1. The van der Waals surface area contributed by atoms with Crippen molar-refractivity contribution in [2.75, 3.05) is 5.32 Å². The summed E-state index contributed by atoms with van der Waals surface area (Å²) in [6, 6.07) is 5.31. The second kappa shape index (κ2) is 4.58. The van der Waals surface area contributed by atoms with E-state index in [0.29, 0.717) is 5.69 Å². The highest BCUT2D eigenvalue weighted by Gasteiger charge is 2.07. The Labute approximate surface area is 83.2 Å². The number of anilines is 1. The summed E-state index contributed by atoms with van der Waals surface area (Å²) in [4.78, 5) is 3.90. The van der Waals surface area contributed by atoms with Gasteiger partial charge in [-0.25, -0.2) is 4.98 Å². The first kappa shape index (κ1) is 10.5. The maximum Gasteiger partial charge on any atom is 0.140 e. The van der Waals surface area contributed by atoms with Crippen molar-refractivity contribution in [3.8, 4) is 6.07 Å². The van der Waals surface area contributed by atoms with Gasteiger partial charge in [-0.05, 0) is 26.0 Å². The van der Waals surface area contributed by atoms with Gasteiger partial charge in [0.05, 0.1) is 18.0 Å². The number of pyridine rings is 1. The fraction of sp³-hybridized carbons (Fsp3) is 0.400. The predicted molar refractivity (Wildman–Crippen MR) is 53.7 cm³/mol. The molecule has 0 spiro atoms. The molecule has 0 bridgehead atoms. The van der Waals surface area contributed by atoms with Gasteiger partial charge in [0.2, 0.25) is 0 Å². The lowest BCUT2D eigenvalue weighted by Crippen LogP contribution is -2.27. The van der Waals surface area contributed by atoms with Crippen LogP contribution in [0.15, 0.2) is 18.3 Å². The highest BCUT2D eigenvalue weighted by Crippen LogP contribution is 2.08. The first-order valence-electron chi connectivity index (χ1n) is 4.44. The molecule has 0 saturated carbocycles. The minimum Gasteiger partial charge on any atom is -0.391 e. The summed E-state index contributed by atoms with van der Waals surface area (Å²) in [7, 11) is 0. The summed E-state index contributed by atoms with van der Waals surface area (Å²) in [5, 5.41) is 20.8. The monoisotopic (exact) mass is 191 g/mol. The summed E-state index contributed by atoms with van der Waals surface area (Å²) in [5.74, 6) is 0. The van der Waals surface area contributed by atoms with Gasteiger partial charge in [0.25, 0.3) is 0 Å². The van der Waals surface area contributed by atoms with Crippen LogP contribution in [0, 0.1) is 11.3 Å². The number of aliphatic hydroxyl groups excluding tert-OH is 1. The molecule has 2 N–H and O–H groups in total. The Morgan fingerprint density at radius 1 is 1.50 bits per heavy atom. The van der Waals surface area contributed by atoms with Crippen molar-refractivity contribution in [1.82, 2.24) is 4.98 Å². The molecule has 74 valence electrons. The minimum absolute atomic E-state index is 0.0373. The molecule has 2 unspecified atom stereocenters. The van der Waals surface area contributed by atoms with E-state index < -0.39 is 6.10 Å². The fourth-order valence-electron chi connectivity index (χ4n) is 0.929. The summed E-state index contributed by atoms with van der Waals surface area (Å²) in [6.45, 7) is 3.59. The van der Waals surface area contributed by atoms with E-state index in [0.717, 1.165) is 5.69 Å². The van der Waals surface area contributed by atoms with Crippen LogP contribution in [0.1, 0.15) is 19.5 Å². The second-order valence-corrected chi connectivity index (χ2v) is 3.22. The lowest BCUT2D eigenvalue weighted by Gasteiger charge is -2.17. The number of rotatable bonds is 3. The highest BCUT2D eigenvalue weighted by atomic mass is 16.3. The van der Waals surface area contributed by atoms with Crippen LogP contribution in [0.3, 0.4) is 0 Å². The van der Waals surface area contributed by atoms with Crippen LogP contribution in [0.25, 0.3) is 0 Å². The third-order valence-electron chi connectivity index (χ3n) is 2.00. The van der Waals surface area contributed by atoms with E-state index in [1.807, 2.05) is 13.0 Å². The number of nitriles is 1. The van der Waals surface area contributed by atoms with Crippen molar-refractivity contribution in [2.24, 2.45) is 0 Å². The van der Waals surface area contributed by atoms with Crippen molar-refractivity contribution in [1.29, 1.82) is 5.26 Å². The van der Waals surface area contributed by atoms with Crippen molar-refractivity contribution >= 4 is 5.69 Å². The molecule has 0 aliphatic heterocycles. The van der Waals surface area contributed by atoms with E-state index in [1.54, 1.807) is 25.3 Å². The predicted octanol–water partition coefficient (Wildman–Crippen LogP) is 1.13. The third kappa shape index (κ3) is 2.71. The van der Waals surface area contributed by atoms with E-state index in [-0.39, 0.29) is 6.04 Å². The zero-order chi connectivity index (χ0) is 10.6. The van der Waals surface area contributed by atoms with Gasteiger partial charge in [-0.3, -0.25) is 0 Å². The molecular weight excluding hydrogens is 178 g/mol. The Kier molecular flexibility index (Phi) is 3.43. The quantitative estimate of drug-likeness (QED) is 0.751. The van der Waals surface area contributed by atoms with Crippen LogP contribution in [0.4, 0.5) is 5.69 Å². The maximum atomic E-state index is 9.25. The first-order valence-corrected chi connectivity index (χ1v) is 4.44. The zero-order valence-corrected chi connectivity index (χ0v) is 8.23. The number of nitrogens with one attached hydrogen (secondary N) is 1. The second-order valence-electron chi connectivity index (χ2n) is 3.22. The minimum atomic E-state index is -0.425. The Morgan fingerprint density at radius 2 is 2.21 bits per heavy atom. The summed E-state index contributed by atoms with van der Waals surface area (Å²) in [5.41, 5.74) is 1.19. The number of hydrogen-bond donors (Lipinski definition) is 2. The summed E-state index contributed by atoms with van der Waals surface area (Å²) in [6.07, 6.45) is 1.16. The van der Waals surface area contributed by atoms with E-state index in [2.05, 4.69) is 10.3 Å². The Morgan fingerprint density at radius 3 is 2.64 bits per heavy atom. The van der Waals surface area contributed by atoms with Gasteiger partial charge < -0.3 is 10.4 Å². The van der Waals surface area contributed by atoms with Gasteiger partial charge >= 0.3 is 0 Å². The Hall–Kier alpha value is -1.60. The molecule has 0 saturated heterocycles. The molecule has 1 aromatic heterocycles. The average Bonchev–Trinajstić information content (AvgIpc) is 2.19.